The highest BCUT2D eigenvalue weighted by Gasteiger charge is 2.38. The number of rotatable bonds is 4. The van der Waals surface area contributed by atoms with Crippen LogP contribution < -0.4 is 5.32 Å². The molecule has 1 aromatic heterocycles. The van der Waals surface area contributed by atoms with Gasteiger partial charge in [-0.2, -0.15) is 0 Å². The van der Waals surface area contributed by atoms with Crippen molar-refractivity contribution >= 4 is 22.8 Å². The fraction of sp³-hybridized carbons (Fsp3) is 0.500. The van der Waals surface area contributed by atoms with Gasteiger partial charge in [0.15, 0.2) is 5.76 Å². The van der Waals surface area contributed by atoms with Gasteiger partial charge in [0.05, 0.1) is 19.1 Å². The lowest BCUT2D eigenvalue weighted by Gasteiger charge is -2.35. The number of carbonyl (C=O) groups is 2. The summed E-state index contributed by atoms with van der Waals surface area (Å²) in [5.74, 6) is 0.232. The van der Waals surface area contributed by atoms with Gasteiger partial charge in [-0.15, -0.1) is 0 Å². The van der Waals surface area contributed by atoms with Crippen LogP contribution in [-0.4, -0.2) is 73.6 Å². The van der Waals surface area contributed by atoms with E-state index in [-0.39, 0.29) is 30.0 Å². The number of nitrogens with zero attached hydrogens (tertiary/aromatic N) is 2. The van der Waals surface area contributed by atoms with Crippen molar-refractivity contribution in [2.24, 2.45) is 0 Å². The molecule has 3 atom stereocenters. The Morgan fingerprint density at radius 1 is 1.26 bits per heavy atom. The molecule has 2 saturated heterocycles. The number of amides is 2. The maximum Gasteiger partial charge on any atom is 0.287 e. The number of fused-ring (bicyclic) bond motifs is 2. The van der Waals surface area contributed by atoms with Crippen LogP contribution in [0.1, 0.15) is 23.4 Å². The molecule has 2 aromatic rings. The Kier molecular flexibility index (Phi) is 4.88. The number of hydrogen-bond donors (Lipinski definition) is 1. The molecular formula is C20H25N3O4. The molecule has 7 heteroatoms. The highest BCUT2D eigenvalue weighted by Crippen LogP contribution is 2.25. The van der Waals surface area contributed by atoms with E-state index in [1.54, 1.807) is 25.1 Å². The summed E-state index contributed by atoms with van der Waals surface area (Å²) in [7, 11) is 3.51. The number of morpholine rings is 1. The summed E-state index contributed by atoms with van der Waals surface area (Å²) in [6, 6.07) is 9.72. The first-order valence-corrected chi connectivity index (χ1v) is 9.35. The molecule has 2 aliphatic rings. The molecule has 2 amide bonds. The van der Waals surface area contributed by atoms with Gasteiger partial charge < -0.3 is 19.4 Å². The van der Waals surface area contributed by atoms with Crippen molar-refractivity contribution < 1.29 is 18.7 Å². The standard InChI is InChI=1S/C20H25N3O4/c1-22(2)19(24)9-16-11-23-10-14(8-15(23)12-26-16)21-20(25)18-7-13-5-3-4-6-17(13)27-18/h3-7,14-16H,8-12H2,1-2H3,(H,21,25)/t14-,15+,16+/m1/s1. The van der Waals surface area contributed by atoms with Crippen LogP contribution in [0.3, 0.4) is 0 Å². The third-order valence-corrected chi connectivity index (χ3v) is 5.38. The number of nitrogens with one attached hydrogen (secondary N) is 1. The minimum atomic E-state index is -0.184. The van der Waals surface area contributed by atoms with Gasteiger partial charge in [0.2, 0.25) is 5.91 Å². The molecule has 0 unspecified atom stereocenters. The highest BCUT2D eigenvalue weighted by molar-refractivity contribution is 5.96. The fourth-order valence-electron chi connectivity index (χ4n) is 3.90. The number of carbonyl (C=O) groups excluding carboxylic acids is 2. The first kappa shape index (κ1) is 18.0. The summed E-state index contributed by atoms with van der Waals surface area (Å²) in [4.78, 5) is 28.4. The first-order valence-electron chi connectivity index (χ1n) is 9.35. The smallest absolute Gasteiger partial charge is 0.287 e. The van der Waals surface area contributed by atoms with E-state index in [1.165, 1.54) is 0 Å². The number of para-hydroxylation sites is 1. The molecular weight excluding hydrogens is 346 g/mol. The maximum absolute atomic E-state index is 12.6. The third-order valence-electron chi connectivity index (χ3n) is 5.38. The fourth-order valence-corrected chi connectivity index (χ4v) is 3.90. The second-order valence-corrected chi connectivity index (χ2v) is 7.61. The Bertz CT molecular complexity index is 814. The van der Waals surface area contributed by atoms with Gasteiger partial charge in [0.1, 0.15) is 5.58 Å². The Morgan fingerprint density at radius 2 is 2.07 bits per heavy atom. The molecule has 0 aliphatic carbocycles. The maximum atomic E-state index is 12.6. The lowest BCUT2D eigenvalue weighted by Crippen LogP contribution is -2.47. The van der Waals surface area contributed by atoms with Gasteiger partial charge in [0.25, 0.3) is 5.91 Å². The summed E-state index contributed by atoms with van der Waals surface area (Å²) in [6.07, 6.45) is 1.16. The molecule has 0 bridgehead atoms. The molecule has 144 valence electrons. The zero-order chi connectivity index (χ0) is 19.0. The van der Waals surface area contributed by atoms with Crippen molar-refractivity contribution in [1.82, 2.24) is 15.1 Å². The first-order chi connectivity index (χ1) is 13.0. The topological polar surface area (TPSA) is 75.0 Å². The van der Waals surface area contributed by atoms with Gasteiger partial charge >= 0.3 is 0 Å². The molecule has 7 nitrogen and oxygen atoms in total. The highest BCUT2D eigenvalue weighted by atomic mass is 16.5. The molecule has 1 N–H and O–H groups in total. The Hall–Kier alpha value is -2.38. The Labute approximate surface area is 158 Å². The SMILES string of the molecule is CN(C)C(=O)C[C@H]1CN2C[C@H](NC(=O)c3cc4ccccc4o3)C[C@H]2CO1. The van der Waals surface area contributed by atoms with Crippen molar-refractivity contribution in [2.75, 3.05) is 33.8 Å². The quantitative estimate of drug-likeness (QED) is 0.881. The molecule has 3 heterocycles. The lowest BCUT2D eigenvalue weighted by molar-refractivity contribution is -0.134. The zero-order valence-corrected chi connectivity index (χ0v) is 15.7. The average Bonchev–Trinajstić information content (AvgIpc) is 3.24. The van der Waals surface area contributed by atoms with E-state index in [1.807, 2.05) is 24.3 Å². The van der Waals surface area contributed by atoms with Crippen LogP contribution in [-0.2, 0) is 9.53 Å². The predicted molar refractivity (Wildman–Crippen MR) is 100 cm³/mol. The summed E-state index contributed by atoms with van der Waals surface area (Å²) in [6.45, 7) is 2.09. The van der Waals surface area contributed by atoms with Crippen LogP contribution in [0.4, 0.5) is 0 Å². The van der Waals surface area contributed by atoms with Crippen molar-refractivity contribution in [1.29, 1.82) is 0 Å². The third kappa shape index (κ3) is 3.84. The predicted octanol–water partition coefficient (Wildman–Crippen LogP) is 1.48. The second kappa shape index (κ2) is 7.32. The van der Waals surface area contributed by atoms with E-state index in [9.17, 15) is 9.59 Å². The van der Waals surface area contributed by atoms with Gasteiger partial charge in [-0.3, -0.25) is 14.5 Å². The van der Waals surface area contributed by atoms with E-state index < -0.39 is 0 Å². The molecule has 27 heavy (non-hydrogen) atoms. The largest absolute Gasteiger partial charge is 0.451 e. The van der Waals surface area contributed by atoms with Crippen LogP contribution in [0.15, 0.2) is 34.7 Å². The van der Waals surface area contributed by atoms with E-state index >= 15 is 0 Å². The van der Waals surface area contributed by atoms with Crippen LogP contribution in [0.2, 0.25) is 0 Å². The summed E-state index contributed by atoms with van der Waals surface area (Å²) in [5.41, 5.74) is 0.716. The van der Waals surface area contributed by atoms with E-state index in [2.05, 4.69) is 10.2 Å². The normalized spacial score (nSPS) is 25.3. The van der Waals surface area contributed by atoms with Crippen molar-refractivity contribution in [3.63, 3.8) is 0 Å². The Morgan fingerprint density at radius 3 is 2.85 bits per heavy atom. The monoisotopic (exact) mass is 371 g/mol. The van der Waals surface area contributed by atoms with Gasteiger partial charge in [-0.25, -0.2) is 0 Å². The van der Waals surface area contributed by atoms with E-state index in [0.29, 0.717) is 24.4 Å². The molecule has 0 saturated carbocycles. The van der Waals surface area contributed by atoms with Crippen molar-refractivity contribution in [3.05, 3.63) is 36.1 Å². The summed E-state index contributed by atoms with van der Waals surface area (Å²) < 4.78 is 11.5. The molecule has 2 aliphatic heterocycles. The van der Waals surface area contributed by atoms with E-state index in [0.717, 1.165) is 24.9 Å². The van der Waals surface area contributed by atoms with Crippen LogP contribution in [0.5, 0.6) is 0 Å². The molecule has 4 rings (SSSR count). The number of ether oxygens (including phenoxy) is 1. The van der Waals surface area contributed by atoms with Crippen LogP contribution in [0.25, 0.3) is 11.0 Å². The average molecular weight is 371 g/mol. The van der Waals surface area contributed by atoms with Gasteiger partial charge in [-0.05, 0) is 18.6 Å². The molecule has 1 aromatic carbocycles. The summed E-state index contributed by atoms with van der Waals surface area (Å²) in [5, 5.41) is 4.01. The molecule has 2 fully saturated rings. The number of furan rings is 1. The van der Waals surface area contributed by atoms with Gasteiger partial charge in [-0.1, -0.05) is 18.2 Å². The molecule has 0 spiro atoms. The van der Waals surface area contributed by atoms with Gasteiger partial charge in [0, 0.05) is 44.7 Å². The van der Waals surface area contributed by atoms with Crippen LogP contribution in [0, 0.1) is 0 Å². The number of benzene rings is 1. The zero-order valence-electron chi connectivity index (χ0n) is 15.7. The van der Waals surface area contributed by atoms with Crippen LogP contribution >= 0.6 is 0 Å². The minimum Gasteiger partial charge on any atom is -0.451 e. The summed E-state index contributed by atoms with van der Waals surface area (Å²) >= 11 is 0. The van der Waals surface area contributed by atoms with Crippen molar-refractivity contribution in [2.45, 2.75) is 31.0 Å². The lowest BCUT2D eigenvalue weighted by atomic mass is 10.1. The van der Waals surface area contributed by atoms with E-state index in [4.69, 9.17) is 9.15 Å². The second-order valence-electron chi connectivity index (χ2n) is 7.61. The Balaban J connectivity index is 1.34. The number of hydrogen-bond acceptors (Lipinski definition) is 5. The minimum absolute atomic E-state index is 0.0580. The molecule has 0 radical (unpaired) electrons. The van der Waals surface area contributed by atoms with Crippen molar-refractivity contribution in [3.8, 4) is 0 Å².